The molecule has 0 aliphatic rings. The van der Waals surface area contributed by atoms with Gasteiger partial charge in [-0.2, -0.15) is 4.89 Å². The zero-order valence-corrected chi connectivity index (χ0v) is 12.4. The Morgan fingerprint density at radius 3 is 2.26 bits per heavy atom. The van der Waals surface area contributed by atoms with E-state index in [-0.39, 0.29) is 24.5 Å². The number of carboxylic acids is 1. The topological polar surface area (TPSA) is 94.5 Å². The van der Waals surface area contributed by atoms with Crippen molar-refractivity contribution in [2.75, 3.05) is 20.3 Å². The second-order valence-electron chi connectivity index (χ2n) is 4.41. The van der Waals surface area contributed by atoms with Gasteiger partial charge in [0.25, 0.3) is 0 Å². The highest BCUT2D eigenvalue weighted by Gasteiger charge is 2.10. The molecular formula is C16H16O7. The Bertz CT molecular complexity index is 652. The van der Waals surface area contributed by atoms with Gasteiger partial charge in [-0.05, 0) is 36.4 Å². The van der Waals surface area contributed by atoms with Gasteiger partial charge in [-0.15, -0.1) is 0 Å². The van der Waals surface area contributed by atoms with Crippen molar-refractivity contribution in [2.24, 2.45) is 0 Å². The number of hydrogen-bond acceptors (Lipinski definition) is 6. The molecule has 0 fully saturated rings. The molecule has 2 aromatic rings. The fraction of sp³-hybridized carbons (Fsp3) is 0.188. The number of aromatic carboxylic acids is 1. The lowest BCUT2D eigenvalue weighted by Gasteiger charge is -2.08. The van der Waals surface area contributed by atoms with Crippen molar-refractivity contribution < 1.29 is 34.3 Å². The largest absolute Gasteiger partial charge is 0.507 e. The number of carbonyl (C=O) groups is 1. The molecule has 0 saturated heterocycles. The first kappa shape index (κ1) is 16.4. The average molecular weight is 320 g/mol. The Labute approximate surface area is 132 Å². The quantitative estimate of drug-likeness (QED) is 0.438. The maximum atomic E-state index is 10.8. The van der Waals surface area contributed by atoms with E-state index in [1.165, 1.54) is 18.2 Å². The highest BCUT2D eigenvalue weighted by molar-refractivity contribution is 5.90. The Morgan fingerprint density at radius 2 is 1.65 bits per heavy atom. The van der Waals surface area contributed by atoms with Gasteiger partial charge < -0.3 is 24.6 Å². The van der Waals surface area contributed by atoms with Crippen LogP contribution in [-0.2, 0) is 4.89 Å². The maximum absolute atomic E-state index is 10.8. The molecule has 2 N–H and O–H groups in total. The van der Waals surface area contributed by atoms with Gasteiger partial charge in [0, 0.05) is 6.07 Å². The molecule has 0 aliphatic heterocycles. The number of rotatable bonds is 8. The van der Waals surface area contributed by atoms with Crippen LogP contribution in [0.5, 0.6) is 23.0 Å². The lowest BCUT2D eigenvalue weighted by atomic mass is 10.2. The zero-order chi connectivity index (χ0) is 16.7. The molecule has 122 valence electrons. The van der Waals surface area contributed by atoms with Gasteiger partial charge in [0.05, 0.1) is 7.11 Å². The van der Waals surface area contributed by atoms with E-state index in [9.17, 15) is 9.90 Å². The molecule has 0 spiro atoms. The van der Waals surface area contributed by atoms with Crippen LogP contribution in [0, 0.1) is 0 Å². The first-order chi connectivity index (χ1) is 11.1. The molecule has 0 unspecified atom stereocenters. The normalized spacial score (nSPS) is 10.1. The maximum Gasteiger partial charge on any atom is 0.339 e. The molecule has 0 amide bonds. The summed E-state index contributed by atoms with van der Waals surface area (Å²) in [5.41, 5.74) is -0.184. The Morgan fingerprint density at radius 1 is 1.00 bits per heavy atom. The zero-order valence-electron chi connectivity index (χ0n) is 12.4. The summed E-state index contributed by atoms with van der Waals surface area (Å²) >= 11 is 0. The average Bonchev–Trinajstić information content (AvgIpc) is 2.55. The van der Waals surface area contributed by atoms with Crippen LogP contribution in [0.4, 0.5) is 0 Å². The van der Waals surface area contributed by atoms with Crippen molar-refractivity contribution in [2.45, 2.75) is 0 Å². The molecule has 0 atom stereocenters. The number of carboxylic acid groups (broad SMARTS) is 1. The first-order valence-corrected chi connectivity index (χ1v) is 6.73. The summed E-state index contributed by atoms with van der Waals surface area (Å²) in [5.74, 6) is 0.00998. The van der Waals surface area contributed by atoms with Gasteiger partial charge in [-0.25, -0.2) is 4.79 Å². The summed E-state index contributed by atoms with van der Waals surface area (Å²) in [6.45, 7) is 0.315. The minimum Gasteiger partial charge on any atom is -0.507 e. The van der Waals surface area contributed by atoms with Crippen molar-refractivity contribution in [3.8, 4) is 23.0 Å². The number of ether oxygens (including phenoxy) is 2. The third kappa shape index (κ3) is 4.79. The molecule has 0 bridgehead atoms. The third-order valence-corrected chi connectivity index (χ3v) is 2.85. The van der Waals surface area contributed by atoms with E-state index >= 15 is 0 Å². The van der Waals surface area contributed by atoms with Crippen LogP contribution >= 0.6 is 0 Å². The minimum absolute atomic E-state index is 0.146. The highest BCUT2D eigenvalue weighted by atomic mass is 17.2. The molecule has 2 rings (SSSR count). The molecule has 0 heterocycles. The van der Waals surface area contributed by atoms with Crippen LogP contribution < -0.4 is 14.4 Å². The number of benzene rings is 2. The van der Waals surface area contributed by atoms with Crippen LogP contribution in [0.2, 0.25) is 0 Å². The SMILES string of the molecule is COc1ccc(OOCCOc2ccc(C(=O)O)c(O)c2)cc1. The van der Waals surface area contributed by atoms with Crippen LogP contribution in [-0.4, -0.2) is 36.5 Å². The van der Waals surface area contributed by atoms with E-state index in [4.69, 9.17) is 24.4 Å². The number of methoxy groups -OCH3 is 1. The van der Waals surface area contributed by atoms with E-state index in [0.29, 0.717) is 17.2 Å². The molecule has 0 aliphatic carbocycles. The standard InChI is InChI=1S/C16H16O7/c1-20-11-2-4-12(5-3-11)23-22-9-8-21-13-6-7-14(16(18)19)15(17)10-13/h2-7,10,17H,8-9H2,1H3,(H,18,19). The predicted molar refractivity (Wildman–Crippen MR) is 80.1 cm³/mol. The molecule has 23 heavy (non-hydrogen) atoms. The summed E-state index contributed by atoms with van der Waals surface area (Å²) in [7, 11) is 1.57. The molecule has 7 heteroatoms. The fourth-order valence-electron chi connectivity index (χ4n) is 1.72. The van der Waals surface area contributed by atoms with Gasteiger partial charge in [-0.1, -0.05) is 0 Å². The number of hydrogen-bond donors (Lipinski definition) is 2. The van der Waals surface area contributed by atoms with Crippen molar-refractivity contribution >= 4 is 5.97 Å². The van der Waals surface area contributed by atoms with Gasteiger partial charge in [0.2, 0.25) is 0 Å². The number of aromatic hydroxyl groups is 1. The lowest BCUT2D eigenvalue weighted by molar-refractivity contribution is -0.210. The van der Waals surface area contributed by atoms with Crippen molar-refractivity contribution in [3.05, 3.63) is 48.0 Å². The molecule has 0 saturated carbocycles. The summed E-state index contributed by atoms with van der Waals surface area (Å²) in [6.07, 6.45) is 0. The minimum atomic E-state index is -1.20. The van der Waals surface area contributed by atoms with E-state index in [0.717, 1.165) is 0 Å². The van der Waals surface area contributed by atoms with Crippen LogP contribution in [0.25, 0.3) is 0 Å². The fourth-order valence-corrected chi connectivity index (χ4v) is 1.72. The Balaban J connectivity index is 1.72. The van der Waals surface area contributed by atoms with Crippen LogP contribution in [0.1, 0.15) is 10.4 Å². The second-order valence-corrected chi connectivity index (χ2v) is 4.41. The predicted octanol–water partition coefficient (Wildman–Crippen LogP) is 2.49. The highest BCUT2D eigenvalue weighted by Crippen LogP contribution is 2.23. The van der Waals surface area contributed by atoms with Crippen LogP contribution in [0.3, 0.4) is 0 Å². The van der Waals surface area contributed by atoms with Gasteiger partial charge in [0.1, 0.15) is 36.0 Å². The van der Waals surface area contributed by atoms with E-state index in [1.807, 2.05) is 0 Å². The summed E-state index contributed by atoms with van der Waals surface area (Å²) in [4.78, 5) is 20.8. The molecule has 0 radical (unpaired) electrons. The third-order valence-electron chi connectivity index (χ3n) is 2.85. The van der Waals surface area contributed by atoms with Crippen molar-refractivity contribution in [3.63, 3.8) is 0 Å². The van der Waals surface area contributed by atoms with E-state index in [2.05, 4.69) is 0 Å². The molecular weight excluding hydrogens is 304 g/mol. The van der Waals surface area contributed by atoms with Crippen molar-refractivity contribution in [1.82, 2.24) is 0 Å². The Kier molecular flexibility index (Phi) is 5.65. The first-order valence-electron chi connectivity index (χ1n) is 6.73. The van der Waals surface area contributed by atoms with Crippen molar-refractivity contribution in [1.29, 1.82) is 0 Å². The van der Waals surface area contributed by atoms with Gasteiger partial charge >= 0.3 is 5.97 Å². The smallest absolute Gasteiger partial charge is 0.339 e. The molecule has 0 aromatic heterocycles. The summed E-state index contributed by atoms with van der Waals surface area (Å²) < 4.78 is 10.3. The van der Waals surface area contributed by atoms with E-state index < -0.39 is 5.97 Å². The molecule has 2 aromatic carbocycles. The lowest BCUT2D eigenvalue weighted by Crippen LogP contribution is -2.09. The van der Waals surface area contributed by atoms with Gasteiger partial charge in [0.15, 0.2) is 5.75 Å². The summed E-state index contributed by atoms with van der Waals surface area (Å²) in [5, 5.41) is 18.3. The second kappa shape index (κ2) is 7.90. The van der Waals surface area contributed by atoms with E-state index in [1.54, 1.807) is 31.4 Å². The monoisotopic (exact) mass is 320 g/mol. The van der Waals surface area contributed by atoms with Gasteiger partial charge in [-0.3, -0.25) is 0 Å². The Hall–Kier alpha value is -2.93. The van der Waals surface area contributed by atoms with Crippen LogP contribution in [0.15, 0.2) is 42.5 Å². The number of phenols is 1. The summed E-state index contributed by atoms with van der Waals surface area (Å²) in [6, 6.07) is 10.8. The molecule has 7 nitrogen and oxygen atoms in total.